The molecule has 100 valence electrons. The first-order chi connectivity index (χ1) is 9.72. The Morgan fingerprint density at radius 3 is 2.80 bits per heavy atom. The number of amides is 2. The highest BCUT2D eigenvalue weighted by Gasteiger charge is 2.09. The number of hydrogen-bond acceptors (Lipinski definition) is 4. The number of fused-ring (bicyclic) bond motifs is 1. The van der Waals surface area contributed by atoms with Crippen LogP contribution in [0.5, 0.6) is 0 Å². The van der Waals surface area contributed by atoms with Crippen LogP contribution in [-0.2, 0) is 0 Å². The van der Waals surface area contributed by atoms with Crippen LogP contribution in [0.1, 0.15) is 5.69 Å². The first-order valence-electron chi connectivity index (χ1n) is 6.03. The van der Waals surface area contributed by atoms with Crippen LogP contribution in [-0.4, -0.2) is 25.6 Å². The van der Waals surface area contributed by atoms with E-state index in [0.29, 0.717) is 17.3 Å². The highest BCUT2D eigenvalue weighted by Crippen LogP contribution is 2.11. The number of rotatable bonds is 2. The van der Waals surface area contributed by atoms with E-state index < -0.39 is 0 Å². The largest absolute Gasteiger partial charge is 0.324 e. The molecule has 0 saturated heterocycles. The molecule has 7 nitrogen and oxygen atoms in total. The molecule has 2 heterocycles. The van der Waals surface area contributed by atoms with E-state index in [9.17, 15) is 4.79 Å². The fraction of sp³-hybridized carbons (Fsp3) is 0.0769. The number of aromatic nitrogens is 4. The molecular formula is C13H12N6O. The van der Waals surface area contributed by atoms with Crippen molar-refractivity contribution in [1.29, 1.82) is 0 Å². The van der Waals surface area contributed by atoms with Crippen LogP contribution in [0.25, 0.3) is 5.78 Å². The highest BCUT2D eigenvalue weighted by molar-refractivity contribution is 5.99. The lowest BCUT2D eigenvalue weighted by Crippen LogP contribution is -2.21. The summed E-state index contributed by atoms with van der Waals surface area (Å²) >= 11 is 0. The lowest BCUT2D eigenvalue weighted by molar-refractivity contribution is 0.262. The van der Waals surface area contributed by atoms with E-state index in [1.807, 2.05) is 37.3 Å². The van der Waals surface area contributed by atoms with Crippen LogP contribution in [0.2, 0.25) is 0 Å². The minimum absolute atomic E-state index is 0.349. The van der Waals surface area contributed by atoms with Gasteiger partial charge in [0.2, 0.25) is 0 Å². The normalized spacial score (nSPS) is 10.4. The third kappa shape index (κ3) is 2.41. The van der Waals surface area contributed by atoms with Gasteiger partial charge in [-0.1, -0.05) is 18.2 Å². The van der Waals surface area contributed by atoms with Gasteiger partial charge in [0.15, 0.2) is 0 Å². The number of aryl methyl sites for hydroxylation is 1. The lowest BCUT2D eigenvalue weighted by atomic mass is 10.3. The molecule has 0 unspecified atom stereocenters. The average molecular weight is 268 g/mol. The lowest BCUT2D eigenvalue weighted by Gasteiger charge is -2.09. The van der Waals surface area contributed by atoms with Gasteiger partial charge in [-0.15, -0.1) is 0 Å². The van der Waals surface area contributed by atoms with Crippen LogP contribution >= 0.6 is 0 Å². The molecule has 2 N–H and O–H groups in total. The summed E-state index contributed by atoms with van der Waals surface area (Å²) in [5.41, 5.74) is 1.46. The van der Waals surface area contributed by atoms with Crippen molar-refractivity contribution in [3.63, 3.8) is 0 Å². The molecule has 0 atom stereocenters. The Bertz CT molecular complexity index is 752. The molecule has 2 aromatic heterocycles. The second-order valence-electron chi connectivity index (χ2n) is 4.20. The molecule has 0 aliphatic carbocycles. The molecule has 7 heteroatoms. The van der Waals surface area contributed by atoms with Gasteiger partial charge in [-0.3, -0.25) is 5.32 Å². The zero-order chi connectivity index (χ0) is 13.9. The van der Waals surface area contributed by atoms with Crippen LogP contribution in [0.15, 0.2) is 42.7 Å². The van der Waals surface area contributed by atoms with Gasteiger partial charge in [0.05, 0.1) is 0 Å². The van der Waals surface area contributed by atoms with E-state index in [0.717, 1.165) is 5.69 Å². The van der Waals surface area contributed by atoms with Crippen LogP contribution < -0.4 is 10.6 Å². The first-order valence-corrected chi connectivity index (χ1v) is 6.03. The number of nitrogens with one attached hydrogen (secondary N) is 2. The van der Waals surface area contributed by atoms with Crippen molar-refractivity contribution in [2.75, 3.05) is 10.6 Å². The molecule has 0 bridgehead atoms. The van der Waals surface area contributed by atoms with Crippen molar-refractivity contribution in [2.24, 2.45) is 0 Å². The van der Waals surface area contributed by atoms with Crippen molar-refractivity contribution < 1.29 is 4.79 Å². The summed E-state index contributed by atoms with van der Waals surface area (Å²) in [5.74, 6) is 0.957. The topological polar surface area (TPSA) is 84.2 Å². The number of carbonyl (C=O) groups is 1. The zero-order valence-electron chi connectivity index (χ0n) is 10.7. The van der Waals surface area contributed by atoms with Gasteiger partial charge in [-0.05, 0) is 19.1 Å². The Labute approximate surface area is 114 Å². The maximum atomic E-state index is 12.0. The summed E-state index contributed by atoms with van der Waals surface area (Å²) in [6.45, 7) is 1.83. The van der Waals surface area contributed by atoms with E-state index >= 15 is 0 Å². The fourth-order valence-corrected chi connectivity index (χ4v) is 1.82. The van der Waals surface area contributed by atoms with Crippen molar-refractivity contribution in [3.05, 3.63) is 48.4 Å². The smallest absolute Gasteiger partial charge is 0.308 e. The average Bonchev–Trinajstić information content (AvgIpc) is 2.88. The molecule has 3 rings (SSSR count). The third-order valence-corrected chi connectivity index (χ3v) is 2.65. The minimum atomic E-state index is -0.349. The van der Waals surface area contributed by atoms with E-state index in [1.54, 1.807) is 6.07 Å². The number of carbonyl (C=O) groups excluding carboxylic acids is 1. The van der Waals surface area contributed by atoms with E-state index in [-0.39, 0.29) is 6.03 Å². The zero-order valence-corrected chi connectivity index (χ0v) is 10.7. The molecule has 3 aromatic rings. The monoisotopic (exact) mass is 268 g/mol. The molecular weight excluding hydrogens is 256 g/mol. The van der Waals surface area contributed by atoms with Gasteiger partial charge in [0.1, 0.15) is 12.1 Å². The molecule has 0 spiro atoms. The second-order valence-corrected chi connectivity index (χ2v) is 4.20. The summed E-state index contributed by atoms with van der Waals surface area (Å²) in [6, 6.07) is 10.6. The number of nitrogens with zero attached hydrogens (tertiary/aromatic N) is 4. The predicted octanol–water partition coefficient (Wildman–Crippen LogP) is 2.08. The summed E-state index contributed by atoms with van der Waals surface area (Å²) in [6.07, 6.45) is 1.39. The van der Waals surface area contributed by atoms with E-state index in [4.69, 9.17) is 0 Å². The van der Waals surface area contributed by atoms with E-state index in [2.05, 4.69) is 25.7 Å². The molecule has 2 amide bonds. The van der Waals surface area contributed by atoms with Crippen molar-refractivity contribution in [1.82, 2.24) is 19.6 Å². The van der Waals surface area contributed by atoms with Crippen LogP contribution in [0.4, 0.5) is 16.3 Å². The number of anilines is 2. The summed E-state index contributed by atoms with van der Waals surface area (Å²) in [5, 5.41) is 9.49. The highest BCUT2D eigenvalue weighted by atomic mass is 16.2. The molecule has 0 radical (unpaired) electrons. The van der Waals surface area contributed by atoms with Gasteiger partial charge >= 0.3 is 6.03 Å². The maximum absolute atomic E-state index is 12.0. The van der Waals surface area contributed by atoms with E-state index in [1.165, 1.54) is 10.8 Å². The fourth-order valence-electron chi connectivity index (χ4n) is 1.82. The summed E-state index contributed by atoms with van der Waals surface area (Å²) in [4.78, 5) is 20.2. The number of benzene rings is 1. The van der Waals surface area contributed by atoms with Crippen LogP contribution in [0, 0.1) is 6.92 Å². The Morgan fingerprint density at radius 1 is 1.20 bits per heavy atom. The predicted molar refractivity (Wildman–Crippen MR) is 74.6 cm³/mol. The Balaban J connectivity index is 1.82. The molecule has 0 saturated carbocycles. The summed E-state index contributed by atoms with van der Waals surface area (Å²) < 4.78 is 1.47. The second kappa shape index (κ2) is 4.96. The van der Waals surface area contributed by atoms with Crippen LogP contribution in [0.3, 0.4) is 0 Å². The first kappa shape index (κ1) is 12.1. The van der Waals surface area contributed by atoms with Gasteiger partial charge in [-0.2, -0.15) is 14.6 Å². The van der Waals surface area contributed by atoms with Gasteiger partial charge in [-0.25, -0.2) is 9.78 Å². The number of urea groups is 1. The van der Waals surface area contributed by atoms with Gasteiger partial charge < -0.3 is 5.32 Å². The molecule has 1 aromatic carbocycles. The van der Waals surface area contributed by atoms with Gasteiger partial charge in [0, 0.05) is 17.4 Å². The third-order valence-electron chi connectivity index (χ3n) is 2.65. The van der Waals surface area contributed by atoms with Crippen molar-refractivity contribution in [3.8, 4) is 0 Å². The molecule has 0 fully saturated rings. The molecule has 20 heavy (non-hydrogen) atoms. The Morgan fingerprint density at radius 2 is 2.00 bits per heavy atom. The Hall–Kier alpha value is -2.96. The quantitative estimate of drug-likeness (QED) is 0.745. The number of para-hydroxylation sites is 1. The maximum Gasteiger partial charge on any atom is 0.324 e. The van der Waals surface area contributed by atoms with Crippen molar-refractivity contribution in [2.45, 2.75) is 6.92 Å². The van der Waals surface area contributed by atoms with Gasteiger partial charge in [0.25, 0.3) is 5.78 Å². The SMILES string of the molecule is Cc1cc(NC(=O)Nc2ccccc2)n2ncnc2n1. The van der Waals surface area contributed by atoms with Crippen molar-refractivity contribution >= 4 is 23.3 Å². The standard InChI is InChI=1S/C13H12N6O/c1-9-7-11(19-12(16-9)14-8-15-19)18-13(20)17-10-5-3-2-4-6-10/h2-8H,1H3,(H2,17,18,20). The minimum Gasteiger partial charge on any atom is -0.308 e. The molecule has 0 aliphatic rings. The number of hydrogen-bond donors (Lipinski definition) is 2. The molecule has 0 aliphatic heterocycles. The Kier molecular flexibility index (Phi) is 3.00. The summed E-state index contributed by atoms with van der Waals surface area (Å²) in [7, 11) is 0.